The van der Waals surface area contributed by atoms with Crippen LogP contribution in [-0.2, 0) is 0 Å². The summed E-state index contributed by atoms with van der Waals surface area (Å²) < 4.78 is 20.5. The quantitative estimate of drug-likeness (QED) is 0.755. The predicted molar refractivity (Wildman–Crippen MR) is 88.9 cm³/mol. The largest absolute Gasteiger partial charge is 0.496 e. The van der Waals surface area contributed by atoms with Crippen molar-refractivity contribution in [2.75, 3.05) is 12.4 Å². The van der Waals surface area contributed by atoms with Gasteiger partial charge in [0.15, 0.2) is 0 Å². The minimum atomic E-state index is -0.257. The Morgan fingerprint density at radius 1 is 1.25 bits per heavy atom. The van der Waals surface area contributed by atoms with Crippen LogP contribution in [0, 0.1) is 16.3 Å². The minimum absolute atomic E-state index is 0.176. The Morgan fingerprint density at radius 2 is 2.00 bits per heavy atom. The van der Waals surface area contributed by atoms with Gasteiger partial charge < -0.3 is 10.1 Å². The fourth-order valence-electron chi connectivity index (χ4n) is 2.21. The zero-order chi connectivity index (χ0) is 14.7. The van der Waals surface area contributed by atoms with E-state index in [-0.39, 0.29) is 11.9 Å². The molecule has 20 heavy (non-hydrogen) atoms. The number of rotatable bonds is 4. The number of halogens is 2. The maximum absolute atomic E-state index is 14.0. The minimum Gasteiger partial charge on any atom is -0.496 e. The highest BCUT2D eigenvalue weighted by atomic mass is 127. The Morgan fingerprint density at radius 3 is 2.65 bits per heavy atom. The molecule has 0 aliphatic carbocycles. The normalized spacial score (nSPS) is 12.1. The Bertz CT molecular complexity index is 615. The number of ether oxygens (including phenoxy) is 1. The highest BCUT2D eigenvalue weighted by Gasteiger charge is 2.16. The lowest BCUT2D eigenvalue weighted by Crippen LogP contribution is -2.11. The smallest absolute Gasteiger partial charge is 0.132 e. The molecule has 1 N–H and O–H groups in total. The molecule has 0 heterocycles. The van der Waals surface area contributed by atoms with Gasteiger partial charge in [0.25, 0.3) is 0 Å². The molecule has 0 radical (unpaired) electrons. The molecule has 0 saturated carbocycles. The molecule has 0 bridgehead atoms. The van der Waals surface area contributed by atoms with Crippen LogP contribution in [0.3, 0.4) is 0 Å². The van der Waals surface area contributed by atoms with E-state index in [9.17, 15) is 4.39 Å². The molecule has 0 amide bonds. The van der Waals surface area contributed by atoms with E-state index in [0.717, 1.165) is 11.3 Å². The van der Waals surface area contributed by atoms with Crippen molar-refractivity contribution in [3.8, 4) is 5.75 Å². The number of hydrogen-bond acceptors (Lipinski definition) is 2. The first kappa shape index (κ1) is 15.1. The maximum Gasteiger partial charge on any atom is 0.132 e. The van der Waals surface area contributed by atoms with Gasteiger partial charge >= 0.3 is 0 Å². The first-order chi connectivity index (χ1) is 9.52. The number of nitrogens with one attached hydrogen (secondary N) is 1. The molecular formula is C16H17FINO. The second-order valence-corrected chi connectivity index (χ2v) is 5.93. The maximum atomic E-state index is 14.0. The van der Waals surface area contributed by atoms with E-state index in [0.29, 0.717) is 11.3 Å². The van der Waals surface area contributed by atoms with Crippen LogP contribution in [0.15, 0.2) is 36.4 Å². The van der Waals surface area contributed by atoms with Gasteiger partial charge in [-0.2, -0.15) is 0 Å². The standard InChI is InChI=1S/C16H17FINO/c1-10-9-12(18)7-8-14(10)19-11(2)16-13(17)5-4-6-15(16)20-3/h4-9,11,19H,1-3H3. The van der Waals surface area contributed by atoms with Crippen molar-refractivity contribution in [1.29, 1.82) is 0 Å². The number of aryl methyl sites for hydroxylation is 1. The monoisotopic (exact) mass is 385 g/mol. The molecule has 0 spiro atoms. The third-order valence-electron chi connectivity index (χ3n) is 3.23. The van der Waals surface area contributed by atoms with Gasteiger partial charge in [-0.1, -0.05) is 6.07 Å². The summed E-state index contributed by atoms with van der Waals surface area (Å²) in [7, 11) is 1.56. The summed E-state index contributed by atoms with van der Waals surface area (Å²) in [5.74, 6) is 0.306. The Kier molecular flexibility index (Phi) is 4.86. The predicted octanol–water partition coefficient (Wildman–Crippen LogP) is 4.92. The molecule has 0 aliphatic heterocycles. The topological polar surface area (TPSA) is 21.3 Å². The average Bonchev–Trinajstić information content (AvgIpc) is 2.41. The van der Waals surface area contributed by atoms with Crippen molar-refractivity contribution in [1.82, 2.24) is 0 Å². The zero-order valence-electron chi connectivity index (χ0n) is 11.7. The molecule has 0 aliphatic rings. The van der Waals surface area contributed by atoms with E-state index in [1.54, 1.807) is 19.2 Å². The van der Waals surface area contributed by atoms with E-state index in [2.05, 4.69) is 34.0 Å². The summed E-state index contributed by atoms with van der Waals surface area (Å²) in [5.41, 5.74) is 2.69. The molecule has 4 heteroatoms. The zero-order valence-corrected chi connectivity index (χ0v) is 13.9. The highest BCUT2D eigenvalue weighted by molar-refractivity contribution is 14.1. The second kappa shape index (κ2) is 6.43. The van der Waals surface area contributed by atoms with Crippen molar-refractivity contribution in [3.05, 3.63) is 56.9 Å². The SMILES string of the molecule is COc1cccc(F)c1C(C)Nc1ccc(I)cc1C. The van der Waals surface area contributed by atoms with Crippen LogP contribution in [0.1, 0.15) is 24.1 Å². The molecule has 1 unspecified atom stereocenters. The summed E-state index contributed by atoms with van der Waals surface area (Å²) in [6.45, 7) is 3.97. The van der Waals surface area contributed by atoms with Crippen molar-refractivity contribution in [2.24, 2.45) is 0 Å². The molecule has 0 saturated heterocycles. The molecule has 2 rings (SSSR count). The van der Waals surface area contributed by atoms with Gasteiger partial charge in [-0.05, 0) is 72.3 Å². The Labute approximate surface area is 132 Å². The van der Waals surface area contributed by atoms with E-state index >= 15 is 0 Å². The molecule has 106 valence electrons. The molecular weight excluding hydrogens is 368 g/mol. The van der Waals surface area contributed by atoms with Gasteiger partial charge in [0.1, 0.15) is 11.6 Å². The van der Waals surface area contributed by atoms with Crippen LogP contribution >= 0.6 is 22.6 Å². The molecule has 2 aromatic carbocycles. The van der Waals surface area contributed by atoms with Gasteiger partial charge in [0.2, 0.25) is 0 Å². The van der Waals surface area contributed by atoms with Crippen LogP contribution in [0.25, 0.3) is 0 Å². The summed E-state index contributed by atoms with van der Waals surface area (Å²) in [4.78, 5) is 0. The van der Waals surface area contributed by atoms with Crippen molar-refractivity contribution < 1.29 is 9.13 Å². The number of benzene rings is 2. The van der Waals surface area contributed by atoms with Gasteiger partial charge in [-0.25, -0.2) is 4.39 Å². The summed E-state index contributed by atoms with van der Waals surface area (Å²) in [5, 5.41) is 3.35. The molecule has 2 nitrogen and oxygen atoms in total. The lowest BCUT2D eigenvalue weighted by molar-refractivity contribution is 0.402. The van der Waals surface area contributed by atoms with Crippen molar-refractivity contribution in [2.45, 2.75) is 19.9 Å². The third-order valence-corrected chi connectivity index (χ3v) is 3.90. The van der Waals surface area contributed by atoms with Crippen LogP contribution in [0.2, 0.25) is 0 Å². The lowest BCUT2D eigenvalue weighted by Gasteiger charge is -2.20. The number of hydrogen-bond donors (Lipinski definition) is 1. The van der Waals surface area contributed by atoms with Crippen LogP contribution in [0.5, 0.6) is 5.75 Å². The fourth-order valence-corrected chi connectivity index (χ4v) is 2.86. The van der Waals surface area contributed by atoms with Crippen molar-refractivity contribution in [3.63, 3.8) is 0 Å². The summed E-state index contributed by atoms with van der Waals surface area (Å²) in [6, 6.07) is 10.8. The average molecular weight is 385 g/mol. The first-order valence-electron chi connectivity index (χ1n) is 6.38. The van der Waals surface area contributed by atoms with E-state index in [1.165, 1.54) is 9.64 Å². The van der Waals surface area contributed by atoms with Crippen LogP contribution < -0.4 is 10.1 Å². The van der Waals surface area contributed by atoms with E-state index in [1.807, 2.05) is 26.0 Å². The van der Waals surface area contributed by atoms with Gasteiger partial charge in [0, 0.05) is 9.26 Å². The Hall–Kier alpha value is -1.30. The highest BCUT2D eigenvalue weighted by Crippen LogP contribution is 2.31. The molecule has 2 aromatic rings. The lowest BCUT2D eigenvalue weighted by atomic mass is 10.1. The van der Waals surface area contributed by atoms with Crippen LogP contribution in [0.4, 0.5) is 10.1 Å². The van der Waals surface area contributed by atoms with Gasteiger partial charge in [-0.3, -0.25) is 0 Å². The number of anilines is 1. The van der Waals surface area contributed by atoms with E-state index < -0.39 is 0 Å². The Balaban J connectivity index is 2.30. The van der Waals surface area contributed by atoms with Gasteiger partial charge in [0.05, 0.1) is 18.7 Å². The third kappa shape index (κ3) is 3.23. The van der Waals surface area contributed by atoms with E-state index in [4.69, 9.17) is 4.74 Å². The fraction of sp³-hybridized carbons (Fsp3) is 0.250. The van der Waals surface area contributed by atoms with Crippen molar-refractivity contribution >= 4 is 28.3 Å². The first-order valence-corrected chi connectivity index (χ1v) is 7.46. The molecule has 0 aromatic heterocycles. The summed E-state index contributed by atoms with van der Waals surface area (Å²) >= 11 is 2.28. The van der Waals surface area contributed by atoms with Crippen LogP contribution in [-0.4, -0.2) is 7.11 Å². The molecule has 1 atom stereocenters. The second-order valence-electron chi connectivity index (χ2n) is 4.68. The summed E-state index contributed by atoms with van der Waals surface area (Å²) in [6.07, 6.45) is 0. The van der Waals surface area contributed by atoms with Gasteiger partial charge in [-0.15, -0.1) is 0 Å². The number of methoxy groups -OCH3 is 1. The molecule has 0 fully saturated rings.